The number of amides is 1. The first-order valence-electron chi connectivity index (χ1n) is 9.88. The normalized spacial score (nSPS) is 16.2. The van der Waals surface area contributed by atoms with Gasteiger partial charge in [0, 0.05) is 19.0 Å². The van der Waals surface area contributed by atoms with Gasteiger partial charge in [0.1, 0.15) is 0 Å². The van der Waals surface area contributed by atoms with Gasteiger partial charge in [0.2, 0.25) is 5.91 Å². The van der Waals surface area contributed by atoms with Crippen LogP contribution < -0.4 is 5.32 Å². The molecule has 0 aromatic heterocycles. The lowest BCUT2D eigenvalue weighted by atomic mass is 9.96. The summed E-state index contributed by atoms with van der Waals surface area (Å²) in [4.78, 5) is 14.2. The highest BCUT2D eigenvalue weighted by atomic mass is 16.1. The zero-order chi connectivity index (χ0) is 18.4. The Morgan fingerprint density at radius 2 is 1.73 bits per heavy atom. The lowest BCUT2D eigenvalue weighted by molar-refractivity contribution is -0.120. The van der Waals surface area contributed by atoms with Gasteiger partial charge in [0.25, 0.3) is 0 Å². The molecular weight excluding hydrogens is 320 g/mol. The van der Waals surface area contributed by atoms with Crippen LogP contribution in [0.15, 0.2) is 48.5 Å². The molecule has 1 fully saturated rings. The molecule has 1 heterocycles. The molecule has 3 nitrogen and oxygen atoms in total. The number of likely N-dealkylation sites (tertiary alicyclic amines) is 1. The first-order valence-corrected chi connectivity index (χ1v) is 9.88. The van der Waals surface area contributed by atoms with Gasteiger partial charge in [0.15, 0.2) is 0 Å². The lowest BCUT2D eigenvalue weighted by Gasteiger charge is -2.32. The van der Waals surface area contributed by atoms with Crippen LogP contribution in [-0.2, 0) is 11.3 Å². The van der Waals surface area contributed by atoms with E-state index in [9.17, 15) is 4.79 Å². The maximum absolute atomic E-state index is 11.6. The predicted octanol–water partition coefficient (Wildman–Crippen LogP) is 4.93. The first-order chi connectivity index (χ1) is 12.7. The van der Waals surface area contributed by atoms with Crippen molar-refractivity contribution in [2.45, 2.75) is 52.1 Å². The van der Waals surface area contributed by atoms with E-state index in [0.717, 1.165) is 5.56 Å². The van der Waals surface area contributed by atoms with Gasteiger partial charge in [-0.1, -0.05) is 61.9 Å². The van der Waals surface area contributed by atoms with Gasteiger partial charge in [0.05, 0.1) is 0 Å². The van der Waals surface area contributed by atoms with Gasteiger partial charge < -0.3 is 5.32 Å². The lowest BCUT2D eigenvalue weighted by Crippen LogP contribution is -2.32. The number of nitrogens with one attached hydrogen (secondary N) is 1. The molecule has 0 radical (unpaired) electrons. The van der Waals surface area contributed by atoms with Crippen molar-refractivity contribution in [1.29, 1.82) is 0 Å². The number of hydrogen-bond donors (Lipinski definition) is 1. The first kappa shape index (κ1) is 18.7. The molecule has 0 aliphatic carbocycles. The number of rotatable bonds is 6. The van der Waals surface area contributed by atoms with Crippen molar-refractivity contribution in [2.24, 2.45) is 0 Å². The molecule has 1 aliphatic rings. The molecule has 3 rings (SSSR count). The monoisotopic (exact) mass is 350 g/mol. The molecule has 26 heavy (non-hydrogen) atoms. The van der Waals surface area contributed by atoms with E-state index in [1.807, 2.05) is 13.0 Å². The molecule has 0 spiro atoms. The second kappa shape index (κ2) is 9.00. The summed E-state index contributed by atoms with van der Waals surface area (Å²) >= 11 is 0. The van der Waals surface area contributed by atoms with E-state index in [0.29, 0.717) is 19.0 Å². The van der Waals surface area contributed by atoms with Crippen molar-refractivity contribution >= 4 is 5.91 Å². The third kappa shape index (κ3) is 4.53. The Morgan fingerprint density at radius 3 is 2.42 bits per heavy atom. The Balaban J connectivity index is 1.75. The fourth-order valence-electron chi connectivity index (χ4n) is 3.73. The molecule has 1 amide bonds. The number of carbonyl (C=O) groups excluding carboxylic acids is 1. The average Bonchev–Trinajstić information content (AvgIpc) is 2.72. The van der Waals surface area contributed by atoms with E-state index in [-0.39, 0.29) is 5.91 Å². The van der Waals surface area contributed by atoms with Crippen molar-refractivity contribution in [3.63, 3.8) is 0 Å². The third-order valence-electron chi connectivity index (χ3n) is 5.46. The minimum atomic E-state index is 0.0884. The molecule has 1 aliphatic heterocycles. The maximum atomic E-state index is 11.6. The number of carbonyl (C=O) groups is 1. The summed E-state index contributed by atoms with van der Waals surface area (Å²) in [7, 11) is 0. The van der Waals surface area contributed by atoms with Gasteiger partial charge in [-0.2, -0.15) is 0 Å². The van der Waals surface area contributed by atoms with Gasteiger partial charge in [-0.15, -0.1) is 0 Å². The molecule has 3 heteroatoms. The molecule has 2 aromatic carbocycles. The SMILES string of the molecule is CCC(=O)NCc1ccccc1-c1ccc([C@H](C)N2CCCCC2)cc1. The highest BCUT2D eigenvalue weighted by Gasteiger charge is 2.18. The fourth-order valence-corrected chi connectivity index (χ4v) is 3.73. The number of benzene rings is 2. The van der Waals surface area contributed by atoms with Gasteiger partial charge in [-0.3, -0.25) is 9.69 Å². The predicted molar refractivity (Wildman–Crippen MR) is 108 cm³/mol. The third-order valence-corrected chi connectivity index (χ3v) is 5.46. The maximum Gasteiger partial charge on any atom is 0.219 e. The van der Waals surface area contributed by atoms with Crippen LogP contribution in [0.4, 0.5) is 0 Å². The average molecular weight is 351 g/mol. The van der Waals surface area contributed by atoms with Crippen LogP contribution in [0.2, 0.25) is 0 Å². The Hall–Kier alpha value is -2.13. The summed E-state index contributed by atoms with van der Waals surface area (Å²) in [5, 5.41) is 2.99. The largest absolute Gasteiger partial charge is 0.352 e. The highest BCUT2D eigenvalue weighted by Crippen LogP contribution is 2.28. The topological polar surface area (TPSA) is 32.3 Å². The molecule has 1 atom stereocenters. The molecule has 0 bridgehead atoms. The number of nitrogens with zero attached hydrogens (tertiary/aromatic N) is 1. The smallest absolute Gasteiger partial charge is 0.219 e. The minimum absolute atomic E-state index is 0.0884. The molecule has 1 N–H and O–H groups in total. The van der Waals surface area contributed by atoms with Crippen molar-refractivity contribution < 1.29 is 4.79 Å². The van der Waals surface area contributed by atoms with Crippen LogP contribution in [0.1, 0.15) is 56.7 Å². The van der Waals surface area contributed by atoms with Gasteiger partial charge in [-0.05, 0) is 55.1 Å². The van der Waals surface area contributed by atoms with E-state index >= 15 is 0 Å². The van der Waals surface area contributed by atoms with Gasteiger partial charge in [-0.25, -0.2) is 0 Å². The Labute approximate surface area is 157 Å². The van der Waals surface area contributed by atoms with Crippen molar-refractivity contribution in [3.8, 4) is 11.1 Å². The summed E-state index contributed by atoms with van der Waals surface area (Å²) in [6.45, 7) is 7.19. The van der Waals surface area contributed by atoms with Crippen molar-refractivity contribution in [1.82, 2.24) is 10.2 Å². The minimum Gasteiger partial charge on any atom is -0.352 e. The molecular formula is C23H30N2O. The van der Waals surface area contributed by atoms with E-state index < -0.39 is 0 Å². The van der Waals surface area contributed by atoms with Gasteiger partial charge >= 0.3 is 0 Å². The zero-order valence-corrected chi connectivity index (χ0v) is 16.0. The van der Waals surface area contributed by atoms with Crippen LogP contribution in [-0.4, -0.2) is 23.9 Å². The Kier molecular flexibility index (Phi) is 6.45. The summed E-state index contributed by atoms with van der Waals surface area (Å²) in [5.41, 5.74) is 4.94. The number of hydrogen-bond acceptors (Lipinski definition) is 2. The summed E-state index contributed by atoms with van der Waals surface area (Å²) in [6, 6.07) is 17.8. The fraction of sp³-hybridized carbons (Fsp3) is 0.435. The second-order valence-electron chi connectivity index (χ2n) is 7.18. The second-order valence-corrected chi connectivity index (χ2v) is 7.18. The van der Waals surface area contributed by atoms with Crippen LogP contribution >= 0.6 is 0 Å². The summed E-state index contributed by atoms with van der Waals surface area (Å²) in [5.74, 6) is 0.0884. The van der Waals surface area contributed by atoms with Crippen molar-refractivity contribution in [2.75, 3.05) is 13.1 Å². The summed E-state index contributed by atoms with van der Waals surface area (Å²) in [6.07, 6.45) is 4.53. The molecule has 0 unspecified atom stereocenters. The Morgan fingerprint density at radius 1 is 1.04 bits per heavy atom. The van der Waals surface area contributed by atoms with E-state index in [2.05, 4.69) is 59.6 Å². The van der Waals surface area contributed by atoms with E-state index in [4.69, 9.17) is 0 Å². The highest BCUT2D eigenvalue weighted by molar-refractivity contribution is 5.76. The quantitative estimate of drug-likeness (QED) is 0.801. The van der Waals surface area contributed by atoms with Crippen LogP contribution in [0.5, 0.6) is 0 Å². The molecule has 138 valence electrons. The van der Waals surface area contributed by atoms with Crippen LogP contribution in [0.3, 0.4) is 0 Å². The van der Waals surface area contributed by atoms with Crippen LogP contribution in [0.25, 0.3) is 11.1 Å². The van der Waals surface area contributed by atoms with Crippen LogP contribution in [0, 0.1) is 0 Å². The van der Waals surface area contributed by atoms with E-state index in [1.165, 1.54) is 49.0 Å². The zero-order valence-electron chi connectivity index (χ0n) is 16.0. The van der Waals surface area contributed by atoms with E-state index in [1.54, 1.807) is 0 Å². The Bertz CT molecular complexity index is 717. The molecule has 1 saturated heterocycles. The standard InChI is InChI=1S/C23H30N2O/c1-3-23(26)24-17-21-9-5-6-10-22(21)20-13-11-19(12-14-20)18(2)25-15-7-4-8-16-25/h5-6,9-14,18H,3-4,7-8,15-17H2,1-2H3,(H,24,26)/t18-/m0/s1. The number of piperidine rings is 1. The summed E-state index contributed by atoms with van der Waals surface area (Å²) < 4.78 is 0. The van der Waals surface area contributed by atoms with Crippen molar-refractivity contribution in [3.05, 3.63) is 59.7 Å². The molecule has 2 aromatic rings. The molecule has 0 saturated carbocycles.